The van der Waals surface area contributed by atoms with Gasteiger partial charge in [-0.25, -0.2) is 0 Å². The van der Waals surface area contributed by atoms with Crippen molar-refractivity contribution >= 4 is 8.32 Å². The van der Waals surface area contributed by atoms with Gasteiger partial charge in [-0.2, -0.15) is 0 Å². The highest BCUT2D eigenvalue weighted by Crippen LogP contribution is 2.37. The lowest BCUT2D eigenvalue weighted by atomic mass is 10.2. The quantitative estimate of drug-likeness (QED) is 0.760. The van der Waals surface area contributed by atoms with Gasteiger partial charge in [0, 0.05) is 0 Å². The Morgan fingerprint density at radius 1 is 1.14 bits per heavy atom. The number of benzene rings is 1. The zero-order valence-corrected chi connectivity index (χ0v) is 14.7. The molecule has 0 heterocycles. The molecule has 4 nitrogen and oxygen atoms in total. The van der Waals surface area contributed by atoms with Crippen LogP contribution in [0.3, 0.4) is 0 Å². The molecule has 0 aliphatic heterocycles. The summed E-state index contributed by atoms with van der Waals surface area (Å²) in [6.07, 6.45) is -0.582. The molecule has 1 aromatic carbocycles. The van der Waals surface area contributed by atoms with E-state index in [1.54, 1.807) is 0 Å². The zero-order valence-electron chi connectivity index (χ0n) is 13.7. The van der Waals surface area contributed by atoms with Crippen molar-refractivity contribution in [2.75, 3.05) is 13.2 Å². The van der Waals surface area contributed by atoms with Gasteiger partial charge in [0.25, 0.3) is 0 Å². The number of rotatable bonds is 7. The van der Waals surface area contributed by atoms with Gasteiger partial charge >= 0.3 is 0 Å². The molecule has 2 N–H and O–H groups in total. The van der Waals surface area contributed by atoms with E-state index in [-0.39, 0.29) is 18.3 Å². The number of aliphatic hydroxyl groups is 2. The Labute approximate surface area is 128 Å². The lowest BCUT2D eigenvalue weighted by Crippen LogP contribution is -2.40. The number of ether oxygens (including phenoxy) is 1. The van der Waals surface area contributed by atoms with Gasteiger partial charge in [0.05, 0.1) is 19.8 Å². The second-order valence-corrected chi connectivity index (χ2v) is 11.6. The first-order valence-corrected chi connectivity index (χ1v) is 10.2. The van der Waals surface area contributed by atoms with Crippen molar-refractivity contribution in [3.05, 3.63) is 29.8 Å². The van der Waals surface area contributed by atoms with Crippen molar-refractivity contribution in [1.29, 1.82) is 0 Å². The monoisotopic (exact) mass is 312 g/mol. The molecule has 0 aromatic heterocycles. The minimum absolute atomic E-state index is 0.181. The average molecular weight is 312 g/mol. The second kappa shape index (κ2) is 7.40. The highest BCUT2D eigenvalue weighted by atomic mass is 28.4. The Hall–Kier alpha value is -0.883. The molecule has 5 heteroatoms. The van der Waals surface area contributed by atoms with Gasteiger partial charge in [-0.05, 0) is 35.8 Å². The Bertz CT molecular complexity index is 436. The first kappa shape index (κ1) is 18.2. The molecule has 1 aromatic rings. The van der Waals surface area contributed by atoms with Crippen molar-refractivity contribution < 1.29 is 19.4 Å². The van der Waals surface area contributed by atoms with E-state index in [0.717, 1.165) is 5.56 Å². The van der Waals surface area contributed by atoms with Crippen LogP contribution in [-0.4, -0.2) is 37.8 Å². The maximum absolute atomic E-state index is 9.05. The van der Waals surface area contributed by atoms with Crippen LogP contribution >= 0.6 is 0 Å². The molecule has 0 bridgehead atoms. The van der Waals surface area contributed by atoms with Crippen LogP contribution in [-0.2, 0) is 11.0 Å². The molecule has 0 amide bonds. The number of hydrogen-bond donors (Lipinski definition) is 2. The molecule has 0 unspecified atom stereocenters. The zero-order chi connectivity index (χ0) is 16.1. The van der Waals surface area contributed by atoms with E-state index in [1.165, 1.54) is 0 Å². The fourth-order valence-electron chi connectivity index (χ4n) is 1.51. The van der Waals surface area contributed by atoms with Gasteiger partial charge in [0.2, 0.25) is 0 Å². The van der Waals surface area contributed by atoms with Crippen LogP contribution in [0.4, 0.5) is 0 Å². The van der Waals surface area contributed by atoms with Crippen LogP contribution in [0, 0.1) is 0 Å². The van der Waals surface area contributed by atoms with Gasteiger partial charge < -0.3 is 19.4 Å². The van der Waals surface area contributed by atoms with Gasteiger partial charge in [0.1, 0.15) is 11.9 Å². The van der Waals surface area contributed by atoms with Crippen LogP contribution in [0.5, 0.6) is 5.75 Å². The Kier molecular flexibility index (Phi) is 6.40. The summed E-state index contributed by atoms with van der Waals surface area (Å²) in [4.78, 5) is 0. The molecule has 21 heavy (non-hydrogen) atoms. The first-order chi connectivity index (χ1) is 9.69. The minimum atomic E-state index is -1.77. The summed E-state index contributed by atoms with van der Waals surface area (Å²) in [6.45, 7) is 11.2. The molecule has 0 saturated carbocycles. The second-order valence-electron chi connectivity index (χ2n) is 6.80. The third-order valence-corrected chi connectivity index (χ3v) is 8.49. The molecule has 0 atom stereocenters. The molecule has 0 spiro atoms. The molecule has 0 aliphatic carbocycles. The van der Waals surface area contributed by atoms with E-state index >= 15 is 0 Å². The third kappa shape index (κ3) is 5.43. The van der Waals surface area contributed by atoms with E-state index in [2.05, 4.69) is 33.9 Å². The van der Waals surface area contributed by atoms with Crippen molar-refractivity contribution in [2.45, 2.75) is 51.6 Å². The van der Waals surface area contributed by atoms with Crippen LogP contribution < -0.4 is 4.74 Å². The average Bonchev–Trinajstić information content (AvgIpc) is 2.42. The molecule has 0 saturated heterocycles. The van der Waals surface area contributed by atoms with Gasteiger partial charge in [0.15, 0.2) is 8.32 Å². The molecule has 0 fully saturated rings. The summed E-state index contributed by atoms with van der Waals surface area (Å²) in [5.41, 5.74) is 1.03. The fourth-order valence-corrected chi connectivity index (χ4v) is 2.47. The largest absolute Gasteiger partial charge is 0.486 e. The minimum Gasteiger partial charge on any atom is -0.486 e. The Balaban J connectivity index is 2.69. The highest BCUT2D eigenvalue weighted by Gasteiger charge is 2.36. The van der Waals surface area contributed by atoms with Crippen LogP contribution in [0.25, 0.3) is 0 Å². The van der Waals surface area contributed by atoms with Crippen molar-refractivity contribution in [3.8, 4) is 5.75 Å². The summed E-state index contributed by atoms with van der Waals surface area (Å²) in [6, 6.07) is 7.60. The van der Waals surface area contributed by atoms with Gasteiger partial charge in [-0.15, -0.1) is 0 Å². The molecule has 1 rings (SSSR count). The summed E-state index contributed by atoms with van der Waals surface area (Å²) in [7, 11) is -1.77. The highest BCUT2D eigenvalue weighted by molar-refractivity contribution is 6.74. The van der Waals surface area contributed by atoms with E-state index in [9.17, 15) is 0 Å². The van der Waals surface area contributed by atoms with Crippen LogP contribution in [0.1, 0.15) is 26.3 Å². The van der Waals surface area contributed by atoms with E-state index < -0.39 is 14.4 Å². The summed E-state index contributed by atoms with van der Waals surface area (Å²) >= 11 is 0. The fraction of sp³-hybridized carbons (Fsp3) is 0.625. The Morgan fingerprint density at radius 2 is 1.76 bits per heavy atom. The smallest absolute Gasteiger partial charge is 0.192 e. The SMILES string of the molecule is CC(C)(C)[Si](C)(C)OCc1cccc(OC(CO)CO)c1. The predicted molar refractivity (Wildman–Crippen MR) is 87.0 cm³/mol. The lowest BCUT2D eigenvalue weighted by molar-refractivity contribution is 0.0628. The standard InChI is InChI=1S/C16H28O4Si/c1-16(2,3)21(4,5)19-12-13-7-6-8-14(9-13)20-15(10-17)11-18/h6-9,15,17-18H,10-12H2,1-5H3. The predicted octanol–water partition coefficient (Wildman–Crippen LogP) is 2.94. The van der Waals surface area contributed by atoms with Gasteiger partial charge in [-0.1, -0.05) is 32.9 Å². The molecule has 120 valence electrons. The van der Waals surface area contributed by atoms with Crippen LogP contribution in [0.2, 0.25) is 18.1 Å². The van der Waals surface area contributed by atoms with E-state index in [4.69, 9.17) is 19.4 Å². The molecule has 0 aliphatic rings. The van der Waals surface area contributed by atoms with Crippen molar-refractivity contribution in [2.24, 2.45) is 0 Å². The maximum Gasteiger partial charge on any atom is 0.192 e. The lowest BCUT2D eigenvalue weighted by Gasteiger charge is -2.36. The number of hydrogen-bond acceptors (Lipinski definition) is 4. The third-order valence-electron chi connectivity index (χ3n) is 4.01. The van der Waals surface area contributed by atoms with E-state index in [1.807, 2.05) is 24.3 Å². The van der Waals surface area contributed by atoms with Crippen LogP contribution in [0.15, 0.2) is 24.3 Å². The maximum atomic E-state index is 9.05. The van der Waals surface area contributed by atoms with Gasteiger partial charge in [-0.3, -0.25) is 0 Å². The summed E-state index contributed by atoms with van der Waals surface area (Å²) in [5, 5.41) is 18.3. The molecule has 0 radical (unpaired) electrons. The van der Waals surface area contributed by atoms with Crippen molar-refractivity contribution in [1.82, 2.24) is 0 Å². The summed E-state index contributed by atoms with van der Waals surface area (Å²) < 4.78 is 11.7. The topological polar surface area (TPSA) is 58.9 Å². The summed E-state index contributed by atoms with van der Waals surface area (Å²) in [5.74, 6) is 0.638. The molecular weight excluding hydrogens is 284 g/mol. The Morgan fingerprint density at radius 3 is 2.29 bits per heavy atom. The first-order valence-electron chi connectivity index (χ1n) is 7.31. The number of aliphatic hydroxyl groups excluding tert-OH is 2. The molecular formula is C16H28O4Si. The normalized spacial score (nSPS) is 12.8. The van der Waals surface area contributed by atoms with Crippen molar-refractivity contribution in [3.63, 3.8) is 0 Å². The van der Waals surface area contributed by atoms with E-state index in [0.29, 0.717) is 12.4 Å².